The molecule has 4 aromatic rings. The summed E-state index contributed by atoms with van der Waals surface area (Å²) in [4.78, 5) is 24.4. The lowest BCUT2D eigenvalue weighted by Crippen LogP contribution is -2.24. The van der Waals surface area contributed by atoms with Crippen molar-refractivity contribution >= 4 is 11.9 Å². The lowest BCUT2D eigenvalue weighted by atomic mass is 9.79. The molecular weight excluding hydrogens is 592 g/mol. The fourth-order valence-electron chi connectivity index (χ4n) is 6.34. The van der Waals surface area contributed by atoms with Crippen LogP contribution in [0.25, 0.3) is 0 Å². The molecule has 6 rings (SSSR count). The zero-order chi connectivity index (χ0) is 33.9. The van der Waals surface area contributed by atoms with E-state index < -0.39 is 5.97 Å². The molecule has 0 heterocycles. The molecule has 0 bridgehead atoms. The third-order valence-corrected chi connectivity index (χ3v) is 9.69. The van der Waals surface area contributed by atoms with Crippen molar-refractivity contribution in [1.29, 1.82) is 0 Å². The summed E-state index contributed by atoms with van der Waals surface area (Å²) in [6.45, 7) is 8.66. The SMILES string of the molecule is Cc1ccc(C#Cc2ccc(C3CCC(C)CC3)cc2)cc1.Cc1ccc(OC(=O)c2ccc(OC(=O)C3CCC(C)CC3)cc2)cc1. The Labute approximate surface area is 286 Å². The zero-order valence-electron chi connectivity index (χ0n) is 28.8. The average Bonchev–Trinajstić information content (AvgIpc) is 3.10. The fourth-order valence-corrected chi connectivity index (χ4v) is 6.34. The van der Waals surface area contributed by atoms with Gasteiger partial charge in [0.25, 0.3) is 0 Å². The number of carbonyl (C=O) groups is 2. The standard InChI is InChI=1S/C22H24O4.C22H24/c1-15-3-7-17(8-4-15)21(23)26-20-13-9-18(10-14-20)22(24)25-19-11-5-16(2)6-12-19;1-17-3-7-19(8-4-17)9-10-20-11-15-22(16-12-20)21-13-5-18(2)6-14-21/h5-6,9-15,17H,3-4,7-8H2,1-2H3;3-4,7-8,11-12,15-16,18,21H,5-6,13-14H2,1-2H3. The van der Waals surface area contributed by atoms with Crippen LogP contribution in [0, 0.1) is 43.4 Å². The van der Waals surface area contributed by atoms with E-state index in [1.54, 1.807) is 36.4 Å². The lowest BCUT2D eigenvalue weighted by Gasteiger charge is -2.26. The smallest absolute Gasteiger partial charge is 0.343 e. The summed E-state index contributed by atoms with van der Waals surface area (Å²) >= 11 is 0. The minimum atomic E-state index is -0.437. The topological polar surface area (TPSA) is 52.6 Å². The van der Waals surface area contributed by atoms with Crippen LogP contribution in [0.4, 0.5) is 0 Å². The van der Waals surface area contributed by atoms with Crippen LogP contribution in [0.15, 0.2) is 97.1 Å². The maximum Gasteiger partial charge on any atom is 0.343 e. The Bertz CT molecular complexity index is 1670. The van der Waals surface area contributed by atoms with Crippen LogP contribution in [-0.4, -0.2) is 11.9 Å². The molecule has 0 amide bonds. The molecule has 2 aliphatic carbocycles. The molecule has 0 spiro atoms. The summed E-state index contributed by atoms with van der Waals surface area (Å²) in [7, 11) is 0. The van der Waals surface area contributed by atoms with E-state index in [1.807, 2.05) is 19.1 Å². The largest absolute Gasteiger partial charge is 0.426 e. The number of benzene rings is 4. The van der Waals surface area contributed by atoms with Gasteiger partial charge in [0.15, 0.2) is 0 Å². The van der Waals surface area contributed by atoms with Crippen molar-refractivity contribution in [3.8, 4) is 23.3 Å². The van der Waals surface area contributed by atoms with E-state index in [0.29, 0.717) is 23.0 Å². The predicted molar refractivity (Wildman–Crippen MR) is 193 cm³/mol. The Morgan fingerprint density at radius 3 is 1.52 bits per heavy atom. The molecule has 48 heavy (non-hydrogen) atoms. The monoisotopic (exact) mass is 640 g/mol. The molecule has 0 aromatic heterocycles. The number of hydrogen-bond acceptors (Lipinski definition) is 4. The quantitative estimate of drug-likeness (QED) is 0.124. The van der Waals surface area contributed by atoms with Crippen molar-refractivity contribution in [3.63, 3.8) is 0 Å². The minimum absolute atomic E-state index is 0.0163. The van der Waals surface area contributed by atoms with Gasteiger partial charge >= 0.3 is 11.9 Å². The van der Waals surface area contributed by atoms with Crippen LogP contribution in [0.5, 0.6) is 11.5 Å². The molecule has 2 saturated carbocycles. The number of rotatable bonds is 5. The highest BCUT2D eigenvalue weighted by atomic mass is 16.5. The van der Waals surface area contributed by atoms with Crippen LogP contribution < -0.4 is 9.47 Å². The van der Waals surface area contributed by atoms with Gasteiger partial charge in [0.05, 0.1) is 11.5 Å². The van der Waals surface area contributed by atoms with Crippen molar-refractivity contribution < 1.29 is 19.1 Å². The van der Waals surface area contributed by atoms with E-state index in [1.165, 1.54) is 36.8 Å². The normalized spacial score (nSPS) is 20.2. The maximum atomic E-state index is 12.2. The Balaban J connectivity index is 0.000000190. The summed E-state index contributed by atoms with van der Waals surface area (Å²) in [6, 6.07) is 31.1. The second kappa shape index (κ2) is 17.0. The highest BCUT2D eigenvalue weighted by Crippen LogP contribution is 2.35. The molecule has 0 unspecified atom stereocenters. The van der Waals surface area contributed by atoms with Crippen LogP contribution in [0.2, 0.25) is 0 Å². The molecule has 248 valence electrons. The minimum Gasteiger partial charge on any atom is -0.426 e. The van der Waals surface area contributed by atoms with E-state index in [4.69, 9.17) is 9.47 Å². The van der Waals surface area contributed by atoms with Gasteiger partial charge in [0.2, 0.25) is 0 Å². The molecule has 0 N–H and O–H groups in total. The first-order chi connectivity index (χ1) is 23.2. The fraction of sp³-hybridized carbons (Fsp3) is 0.364. The second-order valence-corrected chi connectivity index (χ2v) is 13.8. The lowest BCUT2D eigenvalue weighted by molar-refractivity contribution is -0.140. The maximum absolute atomic E-state index is 12.2. The number of carbonyl (C=O) groups excluding carboxylic acids is 2. The molecule has 0 radical (unpaired) electrons. The van der Waals surface area contributed by atoms with Crippen molar-refractivity contribution in [2.45, 2.75) is 85.0 Å². The Hall–Kier alpha value is -4.62. The van der Waals surface area contributed by atoms with Gasteiger partial charge in [0.1, 0.15) is 11.5 Å². The third kappa shape index (κ3) is 10.4. The first-order valence-electron chi connectivity index (χ1n) is 17.5. The molecular formula is C44H48O4. The first kappa shape index (κ1) is 34.7. The van der Waals surface area contributed by atoms with Gasteiger partial charge in [-0.2, -0.15) is 0 Å². The van der Waals surface area contributed by atoms with Crippen LogP contribution >= 0.6 is 0 Å². The first-order valence-corrected chi connectivity index (χ1v) is 17.5. The van der Waals surface area contributed by atoms with Gasteiger partial charge in [-0.25, -0.2) is 4.79 Å². The molecule has 4 heteroatoms. The van der Waals surface area contributed by atoms with E-state index in [9.17, 15) is 9.59 Å². The summed E-state index contributed by atoms with van der Waals surface area (Å²) in [5, 5.41) is 0. The highest BCUT2D eigenvalue weighted by molar-refractivity contribution is 5.91. The molecule has 4 nitrogen and oxygen atoms in total. The summed E-state index contributed by atoms with van der Waals surface area (Å²) in [6.07, 6.45) is 9.36. The van der Waals surface area contributed by atoms with Crippen molar-refractivity contribution in [2.75, 3.05) is 0 Å². The number of esters is 2. The van der Waals surface area contributed by atoms with Gasteiger partial charge in [-0.15, -0.1) is 0 Å². The predicted octanol–water partition coefficient (Wildman–Crippen LogP) is 10.6. The molecule has 4 aromatic carbocycles. The second-order valence-electron chi connectivity index (χ2n) is 13.8. The molecule has 0 atom stereocenters. The van der Waals surface area contributed by atoms with Crippen molar-refractivity contribution in [2.24, 2.45) is 17.8 Å². The average molecular weight is 641 g/mol. The number of ether oxygens (including phenoxy) is 2. The molecule has 2 aliphatic rings. The number of hydrogen-bond donors (Lipinski definition) is 0. The summed E-state index contributed by atoms with van der Waals surface area (Å²) < 4.78 is 10.8. The van der Waals surface area contributed by atoms with Crippen LogP contribution in [-0.2, 0) is 4.79 Å². The Kier molecular flexibility index (Phi) is 12.3. The zero-order valence-corrected chi connectivity index (χ0v) is 28.8. The highest BCUT2D eigenvalue weighted by Gasteiger charge is 2.26. The van der Waals surface area contributed by atoms with Crippen molar-refractivity contribution in [3.05, 3.63) is 130 Å². The van der Waals surface area contributed by atoms with Gasteiger partial charge < -0.3 is 9.47 Å². The summed E-state index contributed by atoms with van der Waals surface area (Å²) in [5.74, 6) is 9.21. The van der Waals surface area contributed by atoms with Gasteiger partial charge in [-0.1, -0.05) is 86.1 Å². The third-order valence-electron chi connectivity index (χ3n) is 9.69. The van der Waals surface area contributed by atoms with Gasteiger partial charge in [-0.05, 0) is 136 Å². The van der Waals surface area contributed by atoms with Crippen LogP contribution in [0.3, 0.4) is 0 Å². The molecule has 0 saturated heterocycles. The Morgan fingerprint density at radius 2 is 0.979 bits per heavy atom. The van der Waals surface area contributed by atoms with Gasteiger partial charge in [-0.3, -0.25) is 4.79 Å². The summed E-state index contributed by atoms with van der Waals surface area (Å²) in [5.41, 5.74) is 6.47. The van der Waals surface area contributed by atoms with E-state index >= 15 is 0 Å². The molecule has 2 fully saturated rings. The van der Waals surface area contributed by atoms with Crippen LogP contribution in [0.1, 0.15) is 109 Å². The van der Waals surface area contributed by atoms with E-state index in [2.05, 4.69) is 81.1 Å². The molecule has 0 aliphatic heterocycles. The number of aryl methyl sites for hydroxylation is 2. The van der Waals surface area contributed by atoms with E-state index in [0.717, 1.165) is 54.2 Å². The van der Waals surface area contributed by atoms with E-state index in [-0.39, 0.29) is 11.9 Å². The van der Waals surface area contributed by atoms with Crippen molar-refractivity contribution in [1.82, 2.24) is 0 Å². The van der Waals surface area contributed by atoms with Gasteiger partial charge in [0, 0.05) is 11.1 Å². The Morgan fingerprint density at radius 1 is 0.542 bits per heavy atom.